The number of carbonyl (C=O) groups excluding carboxylic acids is 1. The number of methoxy groups -OCH3 is 1. The molecule has 3 aromatic rings. The number of benzene rings is 2. The summed E-state index contributed by atoms with van der Waals surface area (Å²) in [7, 11) is 1.63. The second-order valence-electron chi connectivity index (χ2n) is 5.83. The first-order valence-corrected chi connectivity index (χ1v) is 8.28. The molecule has 1 heterocycles. The summed E-state index contributed by atoms with van der Waals surface area (Å²) in [6.45, 7) is 2.39. The monoisotopic (exact) mass is 351 g/mol. The van der Waals surface area contributed by atoms with E-state index in [1.807, 2.05) is 55.5 Å². The predicted octanol–water partition coefficient (Wildman–Crippen LogP) is 2.84. The second kappa shape index (κ2) is 8.15. The summed E-state index contributed by atoms with van der Waals surface area (Å²) < 4.78 is 6.80. The number of urea groups is 1. The number of nitrogens with one attached hydrogen (secondary N) is 2. The first-order valence-electron chi connectivity index (χ1n) is 8.28. The van der Waals surface area contributed by atoms with Gasteiger partial charge in [-0.3, -0.25) is 0 Å². The normalized spacial score (nSPS) is 11.6. The number of rotatable bonds is 6. The molecule has 1 atom stereocenters. The van der Waals surface area contributed by atoms with Crippen LogP contribution in [0.3, 0.4) is 0 Å². The summed E-state index contributed by atoms with van der Waals surface area (Å²) in [5.74, 6) is 0.793. The van der Waals surface area contributed by atoms with Crippen LogP contribution < -0.4 is 15.4 Å². The van der Waals surface area contributed by atoms with Crippen molar-refractivity contribution in [2.75, 3.05) is 7.11 Å². The third kappa shape index (κ3) is 4.38. The Morgan fingerprint density at radius 3 is 2.50 bits per heavy atom. The van der Waals surface area contributed by atoms with Crippen LogP contribution >= 0.6 is 0 Å². The van der Waals surface area contributed by atoms with E-state index in [2.05, 4.69) is 20.7 Å². The van der Waals surface area contributed by atoms with Crippen LogP contribution in [0.15, 0.2) is 61.2 Å². The van der Waals surface area contributed by atoms with Crippen molar-refractivity contribution < 1.29 is 9.53 Å². The molecule has 26 heavy (non-hydrogen) atoms. The Labute approximate surface area is 152 Å². The fourth-order valence-electron chi connectivity index (χ4n) is 2.51. The highest BCUT2D eigenvalue weighted by Crippen LogP contribution is 2.15. The van der Waals surface area contributed by atoms with Crippen LogP contribution in [0.4, 0.5) is 4.79 Å². The van der Waals surface area contributed by atoms with E-state index < -0.39 is 0 Å². The molecule has 2 N–H and O–H groups in total. The van der Waals surface area contributed by atoms with Gasteiger partial charge in [0.2, 0.25) is 0 Å². The molecule has 0 radical (unpaired) electrons. The molecule has 2 amide bonds. The van der Waals surface area contributed by atoms with Gasteiger partial charge in [0.05, 0.1) is 18.8 Å². The Balaban J connectivity index is 1.51. The van der Waals surface area contributed by atoms with Gasteiger partial charge in [0.15, 0.2) is 0 Å². The van der Waals surface area contributed by atoms with Crippen molar-refractivity contribution in [3.05, 3.63) is 72.3 Å². The second-order valence-corrected chi connectivity index (χ2v) is 5.83. The highest BCUT2D eigenvalue weighted by atomic mass is 16.5. The lowest BCUT2D eigenvalue weighted by Crippen LogP contribution is -2.36. The Morgan fingerprint density at radius 2 is 1.88 bits per heavy atom. The molecule has 0 spiro atoms. The summed E-state index contributed by atoms with van der Waals surface area (Å²) in [5, 5.41) is 9.88. The summed E-state index contributed by atoms with van der Waals surface area (Å²) in [6.07, 6.45) is 3.13. The quantitative estimate of drug-likeness (QED) is 0.715. The lowest BCUT2D eigenvalue weighted by Gasteiger charge is -2.15. The maximum Gasteiger partial charge on any atom is 0.315 e. The van der Waals surface area contributed by atoms with E-state index in [9.17, 15) is 4.79 Å². The van der Waals surface area contributed by atoms with E-state index in [1.54, 1.807) is 18.1 Å². The topological polar surface area (TPSA) is 81.1 Å². The van der Waals surface area contributed by atoms with E-state index in [0.717, 1.165) is 22.6 Å². The molecule has 0 aliphatic carbocycles. The predicted molar refractivity (Wildman–Crippen MR) is 98.1 cm³/mol. The molecule has 0 fully saturated rings. The number of aromatic nitrogens is 3. The van der Waals surface area contributed by atoms with E-state index in [1.165, 1.54) is 6.33 Å². The van der Waals surface area contributed by atoms with Gasteiger partial charge in [0, 0.05) is 6.54 Å². The first kappa shape index (κ1) is 17.5. The smallest absolute Gasteiger partial charge is 0.315 e. The standard InChI is InChI=1S/C19H21N5O2/c1-14(16-5-7-17(8-6-16)24-13-20-12-22-24)23-19(25)21-11-15-3-9-18(26-2)10-4-15/h3-10,12-14H,11H2,1-2H3,(H2,21,23,25). The van der Waals surface area contributed by atoms with Gasteiger partial charge in [-0.1, -0.05) is 24.3 Å². The number of hydrogen-bond acceptors (Lipinski definition) is 4. The van der Waals surface area contributed by atoms with Crippen molar-refractivity contribution in [2.24, 2.45) is 0 Å². The maximum atomic E-state index is 12.1. The van der Waals surface area contributed by atoms with Crippen molar-refractivity contribution >= 4 is 6.03 Å². The van der Waals surface area contributed by atoms with Gasteiger partial charge in [-0.05, 0) is 42.3 Å². The summed E-state index contributed by atoms with van der Waals surface area (Å²) >= 11 is 0. The molecular formula is C19H21N5O2. The lowest BCUT2D eigenvalue weighted by atomic mass is 10.1. The molecule has 0 aliphatic rings. The van der Waals surface area contributed by atoms with E-state index in [0.29, 0.717) is 6.54 Å². The molecule has 0 bridgehead atoms. The lowest BCUT2D eigenvalue weighted by molar-refractivity contribution is 0.237. The molecule has 7 heteroatoms. The van der Waals surface area contributed by atoms with Crippen LogP contribution in [-0.4, -0.2) is 27.9 Å². The fraction of sp³-hybridized carbons (Fsp3) is 0.211. The Bertz CT molecular complexity index is 829. The fourth-order valence-corrected chi connectivity index (χ4v) is 2.51. The molecular weight excluding hydrogens is 330 g/mol. The van der Waals surface area contributed by atoms with Gasteiger partial charge in [0.1, 0.15) is 18.4 Å². The molecule has 1 unspecified atom stereocenters. The molecule has 3 rings (SSSR count). The van der Waals surface area contributed by atoms with Crippen LogP contribution in [0.25, 0.3) is 5.69 Å². The van der Waals surface area contributed by atoms with Gasteiger partial charge >= 0.3 is 6.03 Å². The zero-order chi connectivity index (χ0) is 18.4. The molecule has 0 saturated heterocycles. The van der Waals surface area contributed by atoms with Gasteiger partial charge in [-0.2, -0.15) is 5.10 Å². The molecule has 7 nitrogen and oxygen atoms in total. The van der Waals surface area contributed by atoms with E-state index >= 15 is 0 Å². The van der Waals surface area contributed by atoms with Crippen LogP contribution in [0.5, 0.6) is 5.75 Å². The molecule has 0 aliphatic heterocycles. The number of nitrogens with zero attached hydrogens (tertiary/aromatic N) is 3. The number of ether oxygens (including phenoxy) is 1. The van der Waals surface area contributed by atoms with Crippen molar-refractivity contribution in [1.82, 2.24) is 25.4 Å². The van der Waals surface area contributed by atoms with Gasteiger partial charge < -0.3 is 15.4 Å². The molecule has 0 saturated carbocycles. The average Bonchev–Trinajstić information content (AvgIpc) is 3.21. The Hall–Kier alpha value is -3.35. The molecule has 1 aromatic heterocycles. The van der Waals surface area contributed by atoms with E-state index in [-0.39, 0.29) is 12.1 Å². The third-order valence-corrected chi connectivity index (χ3v) is 4.04. The molecule has 134 valence electrons. The number of carbonyl (C=O) groups is 1. The minimum Gasteiger partial charge on any atom is -0.497 e. The van der Waals surface area contributed by atoms with Crippen molar-refractivity contribution in [1.29, 1.82) is 0 Å². The summed E-state index contributed by atoms with van der Waals surface area (Å²) in [6, 6.07) is 15.1. The first-order chi connectivity index (χ1) is 12.7. The van der Waals surface area contributed by atoms with E-state index in [4.69, 9.17) is 4.74 Å². The average molecular weight is 351 g/mol. The van der Waals surface area contributed by atoms with Gasteiger partial charge in [-0.25, -0.2) is 14.5 Å². The Morgan fingerprint density at radius 1 is 1.15 bits per heavy atom. The molecule has 2 aromatic carbocycles. The minimum atomic E-state index is -0.214. The van der Waals surface area contributed by atoms with Crippen molar-refractivity contribution in [3.63, 3.8) is 0 Å². The third-order valence-electron chi connectivity index (χ3n) is 4.04. The highest BCUT2D eigenvalue weighted by Gasteiger charge is 2.09. The van der Waals surface area contributed by atoms with Gasteiger partial charge in [0.25, 0.3) is 0 Å². The number of hydrogen-bond donors (Lipinski definition) is 2. The SMILES string of the molecule is COc1ccc(CNC(=O)NC(C)c2ccc(-n3cncn3)cc2)cc1. The van der Waals surface area contributed by atoms with Crippen molar-refractivity contribution in [2.45, 2.75) is 19.5 Å². The largest absolute Gasteiger partial charge is 0.497 e. The van der Waals surface area contributed by atoms with Crippen molar-refractivity contribution in [3.8, 4) is 11.4 Å². The minimum absolute atomic E-state index is 0.115. The number of amides is 2. The maximum absolute atomic E-state index is 12.1. The highest BCUT2D eigenvalue weighted by molar-refractivity contribution is 5.74. The van der Waals surface area contributed by atoms with Crippen LogP contribution in [-0.2, 0) is 6.54 Å². The summed E-state index contributed by atoms with van der Waals surface area (Å²) in [5.41, 5.74) is 2.93. The van der Waals surface area contributed by atoms with Crippen LogP contribution in [0, 0.1) is 0 Å². The Kier molecular flexibility index (Phi) is 5.48. The van der Waals surface area contributed by atoms with Crippen LogP contribution in [0.1, 0.15) is 24.1 Å². The van der Waals surface area contributed by atoms with Gasteiger partial charge in [-0.15, -0.1) is 0 Å². The zero-order valence-corrected chi connectivity index (χ0v) is 14.7. The summed E-state index contributed by atoms with van der Waals surface area (Å²) in [4.78, 5) is 16.0. The van der Waals surface area contributed by atoms with Crippen LogP contribution in [0.2, 0.25) is 0 Å². The zero-order valence-electron chi connectivity index (χ0n) is 14.7.